The van der Waals surface area contributed by atoms with Crippen molar-refractivity contribution in [1.82, 2.24) is 5.32 Å². The minimum Gasteiger partial charge on any atom is -0.445 e. The first-order valence-corrected chi connectivity index (χ1v) is 10.0. The van der Waals surface area contributed by atoms with Crippen molar-refractivity contribution in [2.45, 2.75) is 26.0 Å². The van der Waals surface area contributed by atoms with Crippen LogP contribution in [0.3, 0.4) is 0 Å². The summed E-state index contributed by atoms with van der Waals surface area (Å²) in [7, 11) is 0. The lowest BCUT2D eigenvalue weighted by molar-refractivity contribution is -0.136. The van der Waals surface area contributed by atoms with Crippen molar-refractivity contribution >= 4 is 12.1 Å². The summed E-state index contributed by atoms with van der Waals surface area (Å²) >= 11 is 0. The van der Waals surface area contributed by atoms with Crippen LogP contribution in [0.4, 0.5) is 26.7 Å². The van der Waals surface area contributed by atoms with E-state index in [1.54, 1.807) is 6.07 Å². The number of hydrogen-bond acceptors (Lipinski definition) is 4. The third-order valence-corrected chi connectivity index (χ3v) is 5.37. The van der Waals surface area contributed by atoms with Crippen molar-refractivity contribution in [3.05, 3.63) is 88.2 Å². The first-order valence-electron chi connectivity index (χ1n) is 10.0. The van der Waals surface area contributed by atoms with Crippen molar-refractivity contribution in [3.8, 4) is 16.9 Å². The molecule has 0 aromatic heterocycles. The molecular weight excluding hydrogens is 461 g/mol. The summed E-state index contributed by atoms with van der Waals surface area (Å²) in [4.78, 5) is 24.2. The van der Waals surface area contributed by atoms with E-state index >= 15 is 0 Å². The molecule has 0 heterocycles. The molecule has 0 spiro atoms. The zero-order valence-corrected chi connectivity index (χ0v) is 17.6. The first-order chi connectivity index (χ1) is 16.2. The Morgan fingerprint density at radius 3 is 2.21 bits per heavy atom. The molecule has 3 aromatic rings. The zero-order chi connectivity index (χ0) is 24.6. The molecule has 1 aliphatic rings. The van der Waals surface area contributed by atoms with Crippen LogP contribution in [0.1, 0.15) is 23.6 Å². The van der Waals surface area contributed by atoms with Crippen LogP contribution < -0.4 is 10.1 Å². The molecule has 0 saturated heterocycles. The van der Waals surface area contributed by atoms with Crippen molar-refractivity contribution in [3.63, 3.8) is 0 Å². The number of halogens is 5. The van der Waals surface area contributed by atoms with Gasteiger partial charge < -0.3 is 14.8 Å². The Morgan fingerprint density at radius 2 is 1.50 bits per heavy atom. The van der Waals surface area contributed by atoms with Crippen LogP contribution in [0.15, 0.2) is 42.5 Å². The number of alkyl carbamates (subject to hydrolysis) is 1. The molecule has 1 N–H and O–H groups in total. The van der Waals surface area contributed by atoms with E-state index in [4.69, 9.17) is 4.74 Å². The highest BCUT2D eigenvalue weighted by Gasteiger charge is 2.30. The van der Waals surface area contributed by atoms with Crippen molar-refractivity contribution < 1.29 is 41.0 Å². The molecule has 3 aromatic carbocycles. The summed E-state index contributed by atoms with van der Waals surface area (Å²) in [6, 6.07) is 11.9. The summed E-state index contributed by atoms with van der Waals surface area (Å²) in [5, 5.41) is 2.09. The number of nitrogens with one attached hydrogen (secondary N) is 1. The van der Waals surface area contributed by atoms with Gasteiger partial charge in [0.05, 0.1) is 0 Å². The van der Waals surface area contributed by atoms with Gasteiger partial charge in [-0.25, -0.2) is 22.8 Å². The minimum absolute atomic E-state index is 0.123. The lowest BCUT2D eigenvalue weighted by Crippen LogP contribution is -2.41. The van der Waals surface area contributed by atoms with E-state index in [-0.39, 0.29) is 6.61 Å². The summed E-state index contributed by atoms with van der Waals surface area (Å²) in [5.41, 5.74) is 5.00. The monoisotopic (exact) mass is 477 g/mol. The molecule has 4 rings (SSSR count). The molecule has 10 heteroatoms. The maximum atomic E-state index is 13.7. The third kappa shape index (κ3) is 4.18. The van der Waals surface area contributed by atoms with Gasteiger partial charge in [0, 0.05) is 0 Å². The van der Waals surface area contributed by atoms with Crippen molar-refractivity contribution in [2.75, 3.05) is 0 Å². The second kappa shape index (κ2) is 9.12. The Kier molecular flexibility index (Phi) is 6.23. The molecule has 1 amide bonds. The smallest absolute Gasteiger partial charge is 0.408 e. The van der Waals surface area contributed by atoms with Crippen LogP contribution in [0, 0.1) is 29.1 Å². The number of carbonyl (C=O) groups is 2. The number of amides is 1. The highest BCUT2D eigenvalue weighted by molar-refractivity contribution is 5.82. The fraction of sp³-hybridized carbons (Fsp3) is 0.167. The largest absolute Gasteiger partial charge is 0.445 e. The minimum atomic E-state index is -2.39. The average Bonchev–Trinajstić information content (AvgIpc) is 3.22. The quantitative estimate of drug-likeness (QED) is 0.142. The van der Waals surface area contributed by atoms with Crippen LogP contribution in [0.2, 0.25) is 0 Å². The average molecular weight is 477 g/mol. The highest BCUT2D eigenvalue weighted by Crippen LogP contribution is 2.38. The fourth-order valence-electron chi connectivity index (χ4n) is 3.64. The molecule has 0 radical (unpaired) electrons. The molecule has 0 saturated carbocycles. The first kappa shape index (κ1) is 23.2. The predicted octanol–water partition coefficient (Wildman–Crippen LogP) is 5.17. The molecule has 5 nitrogen and oxygen atoms in total. The van der Waals surface area contributed by atoms with E-state index < -0.39 is 52.9 Å². The maximum absolute atomic E-state index is 13.7. The normalized spacial score (nSPS) is 12.5. The molecular formula is C24H16F5NO4. The molecule has 0 bridgehead atoms. The summed E-state index contributed by atoms with van der Waals surface area (Å²) in [6.45, 7) is 0.967. The van der Waals surface area contributed by atoms with Gasteiger partial charge in [0.1, 0.15) is 12.6 Å². The zero-order valence-electron chi connectivity index (χ0n) is 17.6. The van der Waals surface area contributed by atoms with Gasteiger partial charge in [0.15, 0.2) is 0 Å². The Balaban J connectivity index is 1.38. The molecule has 0 aliphatic heterocycles. The van der Waals surface area contributed by atoms with Crippen LogP contribution in [-0.2, 0) is 22.6 Å². The molecule has 1 atom stereocenters. The number of carbonyl (C=O) groups excluding carboxylic acids is 2. The standard InChI is InChI=1S/C24H16F5NO4/c1-11(23(31)34-22-20(28)18(26)17(25)19(27)21(22)29)30-24(32)33-10-13-6-4-8-15-14-7-3-2-5-12(14)9-16(13)15/h2-8,11H,9-10H2,1H3,(H,30,32). The third-order valence-electron chi connectivity index (χ3n) is 5.37. The molecule has 0 fully saturated rings. The lowest BCUT2D eigenvalue weighted by Gasteiger charge is -2.15. The molecule has 176 valence electrons. The SMILES string of the molecule is CC(NC(=O)OCc1cccc2c1Cc1ccccc1-2)C(=O)Oc1c(F)c(F)c(F)c(F)c1F. The highest BCUT2D eigenvalue weighted by atomic mass is 19.2. The number of hydrogen-bond donors (Lipinski definition) is 1. The van der Waals surface area contributed by atoms with Crippen LogP contribution in [-0.4, -0.2) is 18.1 Å². The fourth-order valence-corrected chi connectivity index (χ4v) is 3.64. The van der Waals surface area contributed by atoms with Gasteiger partial charge in [-0.2, -0.15) is 8.78 Å². The Hall–Kier alpha value is -3.95. The van der Waals surface area contributed by atoms with E-state index in [0.717, 1.165) is 34.7 Å². The van der Waals surface area contributed by atoms with Crippen LogP contribution in [0.25, 0.3) is 11.1 Å². The predicted molar refractivity (Wildman–Crippen MR) is 109 cm³/mol. The second-order valence-corrected chi connectivity index (χ2v) is 7.54. The number of fused-ring (bicyclic) bond motifs is 3. The Morgan fingerprint density at radius 1 is 0.882 bits per heavy atom. The topological polar surface area (TPSA) is 64.6 Å². The van der Waals surface area contributed by atoms with Gasteiger partial charge in [-0.15, -0.1) is 0 Å². The summed E-state index contributed by atoms with van der Waals surface area (Å²) in [6.07, 6.45) is -0.382. The van der Waals surface area contributed by atoms with E-state index in [9.17, 15) is 31.5 Å². The lowest BCUT2D eigenvalue weighted by atomic mass is 10.0. The number of benzene rings is 3. The van der Waals surface area contributed by atoms with Crippen LogP contribution >= 0.6 is 0 Å². The maximum Gasteiger partial charge on any atom is 0.408 e. The van der Waals surface area contributed by atoms with E-state index in [2.05, 4.69) is 10.1 Å². The number of ether oxygens (including phenoxy) is 2. The molecule has 1 aliphatic carbocycles. The molecule has 34 heavy (non-hydrogen) atoms. The summed E-state index contributed by atoms with van der Waals surface area (Å²) < 4.78 is 76.5. The second-order valence-electron chi connectivity index (χ2n) is 7.54. The van der Waals surface area contributed by atoms with E-state index in [1.807, 2.05) is 36.4 Å². The van der Waals surface area contributed by atoms with Gasteiger partial charge in [0.2, 0.25) is 34.8 Å². The van der Waals surface area contributed by atoms with Gasteiger partial charge in [-0.1, -0.05) is 42.5 Å². The Bertz CT molecular complexity index is 1280. The number of esters is 1. The van der Waals surface area contributed by atoms with Crippen molar-refractivity contribution in [1.29, 1.82) is 0 Å². The summed E-state index contributed by atoms with van der Waals surface area (Å²) in [5.74, 6) is -14.8. The molecule has 1 unspecified atom stereocenters. The van der Waals surface area contributed by atoms with Crippen molar-refractivity contribution in [2.24, 2.45) is 0 Å². The van der Waals surface area contributed by atoms with Gasteiger partial charge in [-0.05, 0) is 41.2 Å². The Labute approximate surface area is 190 Å². The van der Waals surface area contributed by atoms with E-state index in [1.165, 1.54) is 0 Å². The van der Waals surface area contributed by atoms with Gasteiger partial charge in [0.25, 0.3) is 0 Å². The van der Waals surface area contributed by atoms with Crippen LogP contribution in [0.5, 0.6) is 5.75 Å². The van der Waals surface area contributed by atoms with Gasteiger partial charge >= 0.3 is 12.1 Å². The van der Waals surface area contributed by atoms with E-state index in [0.29, 0.717) is 6.42 Å². The van der Waals surface area contributed by atoms with Gasteiger partial charge in [-0.3, -0.25) is 0 Å². The number of rotatable bonds is 5.